The zero-order valence-corrected chi connectivity index (χ0v) is 8.96. The number of piperidine rings is 1. The van der Waals surface area contributed by atoms with Crippen molar-refractivity contribution in [2.75, 3.05) is 13.1 Å². The number of amides is 1. The fourth-order valence-corrected chi connectivity index (χ4v) is 2.18. The Morgan fingerprint density at radius 1 is 1.29 bits per heavy atom. The van der Waals surface area contributed by atoms with Crippen molar-refractivity contribution in [2.24, 2.45) is 0 Å². The van der Waals surface area contributed by atoms with Gasteiger partial charge in [-0.15, -0.1) is 0 Å². The number of carbonyl (C=O) groups is 1. The molecule has 0 spiro atoms. The van der Waals surface area contributed by atoms with Crippen molar-refractivity contribution in [3.05, 3.63) is 0 Å². The smallest absolute Gasteiger partial charge is 0.219 e. The standard InChI is InChI=1S/C11H20N2O/c1-2-11(14)12-9-5-7-13(8-6-9)10-3-4-10/h9-10H,2-8H2,1H3,(H,12,14). The molecule has 1 aliphatic heterocycles. The van der Waals surface area contributed by atoms with Gasteiger partial charge in [-0.05, 0) is 25.7 Å². The molecule has 3 nitrogen and oxygen atoms in total. The summed E-state index contributed by atoms with van der Waals surface area (Å²) < 4.78 is 0. The van der Waals surface area contributed by atoms with Crippen molar-refractivity contribution < 1.29 is 4.79 Å². The molecule has 0 radical (unpaired) electrons. The van der Waals surface area contributed by atoms with E-state index in [4.69, 9.17) is 0 Å². The summed E-state index contributed by atoms with van der Waals surface area (Å²) in [6, 6.07) is 1.33. The molecule has 1 saturated heterocycles. The molecule has 0 bridgehead atoms. The van der Waals surface area contributed by atoms with Gasteiger partial charge in [0.25, 0.3) is 0 Å². The van der Waals surface area contributed by atoms with E-state index in [0.29, 0.717) is 12.5 Å². The molecule has 14 heavy (non-hydrogen) atoms. The second-order valence-corrected chi connectivity index (χ2v) is 4.46. The van der Waals surface area contributed by atoms with Crippen LogP contribution >= 0.6 is 0 Å². The molecule has 1 amide bonds. The molecule has 0 aromatic heterocycles. The summed E-state index contributed by atoms with van der Waals surface area (Å²) in [7, 11) is 0. The van der Waals surface area contributed by atoms with Crippen LogP contribution in [0.2, 0.25) is 0 Å². The summed E-state index contributed by atoms with van der Waals surface area (Å²) in [5, 5.41) is 3.08. The largest absolute Gasteiger partial charge is 0.353 e. The Kier molecular flexibility index (Phi) is 3.06. The summed E-state index contributed by atoms with van der Waals surface area (Å²) in [6.45, 7) is 4.27. The van der Waals surface area contributed by atoms with Crippen LogP contribution < -0.4 is 5.32 Å². The first-order valence-corrected chi connectivity index (χ1v) is 5.83. The zero-order valence-electron chi connectivity index (χ0n) is 8.96. The summed E-state index contributed by atoms with van der Waals surface area (Å²) in [5.74, 6) is 0.204. The van der Waals surface area contributed by atoms with E-state index in [1.54, 1.807) is 0 Å². The number of rotatable bonds is 3. The lowest BCUT2D eigenvalue weighted by Gasteiger charge is -2.32. The van der Waals surface area contributed by atoms with Crippen LogP contribution in [-0.4, -0.2) is 36.0 Å². The minimum Gasteiger partial charge on any atom is -0.353 e. The van der Waals surface area contributed by atoms with Crippen LogP contribution in [0.5, 0.6) is 0 Å². The van der Waals surface area contributed by atoms with Crippen LogP contribution in [0, 0.1) is 0 Å². The molecule has 0 atom stereocenters. The number of hydrogen-bond donors (Lipinski definition) is 1. The second kappa shape index (κ2) is 4.30. The van der Waals surface area contributed by atoms with Crippen molar-refractivity contribution in [3.8, 4) is 0 Å². The summed E-state index contributed by atoms with van der Waals surface area (Å²) in [4.78, 5) is 13.8. The minimum atomic E-state index is 0.204. The predicted molar refractivity (Wildman–Crippen MR) is 56.1 cm³/mol. The molecular formula is C11H20N2O. The Bertz CT molecular complexity index is 205. The highest BCUT2D eigenvalue weighted by atomic mass is 16.1. The van der Waals surface area contributed by atoms with Gasteiger partial charge in [0, 0.05) is 31.6 Å². The van der Waals surface area contributed by atoms with E-state index in [0.717, 1.165) is 18.9 Å². The Balaban J connectivity index is 1.69. The number of carbonyl (C=O) groups excluding carboxylic acids is 1. The monoisotopic (exact) mass is 196 g/mol. The molecule has 0 unspecified atom stereocenters. The fraction of sp³-hybridized carbons (Fsp3) is 0.909. The van der Waals surface area contributed by atoms with Gasteiger partial charge in [-0.1, -0.05) is 6.92 Å². The number of likely N-dealkylation sites (tertiary alicyclic amines) is 1. The zero-order chi connectivity index (χ0) is 9.97. The highest BCUT2D eigenvalue weighted by Gasteiger charge is 2.31. The average Bonchev–Trinajstić information content (AvgIpc) is 3.02. The van der Waals surface area contributed by atoms with Gasteiger partial charge in [-0.25, -0.2) is 0 Å². The predicted octanol–water partition coefficient (Wildman–Crippen LogP) is 1.14. The van der Waals surface area contributed by atoms with Gasteiger partial charge in [-0.3, -0.25) is 4.79 Å². The van der Waals surface area contributed by atoms with Crippen molar-refractivity contribution in [1.82, 2.24) is 10.2 Å². The third-order valence-corrected chi connectivity index (χ3v) is 3.28. The molecule has 3 heteroatoms. The summed E-state index contributed by atoms with van der Waals surface area (Å²) >= 11 is 0. The van der Waals surface area contributed by atoms with E-state index in [9.17, 15) is 4.79 Å². The second-order valence-electron chi connectivity index (χ2n) is 4.46. The first-order valence-electron chi connectivity index (χ1n) is 5.83. The molecule has 1 N–H and O–H groups in total. The Morgan fingerprint density at radius 3 is 2.43 bits per heavy atom. The van der Waals surface area contributed by atoms with E-state index in [1.165, 1.54) is 25.9 Å². The number of hydrogen-bond acceptors (Lipinski definition) is 2. The maximum atomic E-state index is 11.2. The quantitative estimate of drug-likeness (QED) is 0.734. The van der Waals surface area contributed by atoms with Crippen molar-refractivity contribution in [3.63, 3.8) is 0 Å². The third kappa shape index (κ3) is 2.47. The Hall–Kier alpha value is -0.570. The van der Waals surface area contributed by atoms with Gasteiger partial charge in [0.05, 0.1) is 0 Å². The van der Waals surface area contributed by atoms with Gasteiger partial charge < -0.3 is 10.2 Å². The minimum absolute atomic E-state index is 0.204. The van der Waals surface area contributed by atoms with Gasteiger partial charge in [0.15, 0.2) is 0 Å². The highest BCUT2D eigenvalue weighted by molar-refractivity contribution is 5.75. The van der Waals surface area contributed by atoms with E-state index in [-0.39, 0.29) is 5.91 Å². The normalized spacial score (nSPS) is 24.9. The molecule has 1 heterocycles. The molecule has 0 aromatic carbocycles. The maximum absolute atomic E-state index is 11.2. The SMILES string of the molecule is CCC(=O)NC1CCN(C2CC2)CC1. The molecule has 2 aliphatic rings. The molecule has 0 aromatic rings. The van der Waals surface area contributed by atoms with Gasteiger partial charge in [0.1, 0.15) is 0 Å². The van der Waals surface area contributed by atoms with Crippen LogP contribution in [-0.2, 0) is 4.79 Å². The van der Waals surface area contributed by atoms with Crippen molar-refractivity contribution >= 4 is 5.91 Å². The van der Waals surface area contributed by atoms with Gasteiger partial charge in [-0.2, -0.15) is 0 Å². The lowest BCUT2D eigenvalue weighted by molar-refractivity contribution is -0.121. The first kappa shape index (κ1) is 9.97. The van der Waals surface area contributed by atoms with Crippen LogP contribution in [0.15, 0.2) is 0 Å². The molecule has 2 rings (SSSR count). The summed E-state index contributed by atoms with van der Waals surface area (Å²) in [5.41, 5.74) is 0. The number of nitrogens with zero attached hydrogens (tertiary/aromatic N) is 1. The molecular weight excluding hydrogens is 176 g/mol. The number of nitrogens with one attached hydrogen (secondary N) is 1. The fourth-order valence-electron chi connectivity index (χ4n) is 2.18. The third-order valence-electron chi connectivity index (χ3n) is 3.28. The maximum Gasteiger partial charge on any atom is 0.219 e. The van der Waals surface area contributed by atoms with Crippen LogP contribution in [0.1, 0.15) is 39.0 Å². The average molecular weight is 196 g/mol. The Labute approximate surface area is 85.8 Å². The lowest BCUT2D eigenvalue weighted by atomic mass is 10.0. The first-order chi connectivity index (χ1) is 6.79. The van der Waals surface area contributed by atoms with Crippen molar-refractivity contribution in [2.45, 2.75) is 51.1 Å². The topological polar surface area (TPSA) is 32.3 Å². The van der Waals surface area contributed by atoms with Gasteiger partial charge >= 0.3 is 0 Å². The molecule has 1 aliphatic carbocycles. The van der Waals surface area contributed by atoms with E-state index in [1.807, 2.05) is 6.92 Å². The van der Waals surface area contributed by atoms with E-state index >= 15 is 0 Å². The van der Waals surface area contributed by atoms with Crippen LogP contribution in [0.25, 0.3) is 0 Å². The van der Waals surface area contributed by atoms with Crippen LogP contribution in [0.3, 0.4) is 0 Å². The molecule has 80 valence electrons. The van der Waals surface area contributed by atoms with E-state index in [2.05, 4.69) is 10.2 Å². The molecule has 2 fully saturated rings. The summed E-state index contributed by atoms with van der Waals surface area (Å²) in [6.07, 6.45) is 5.69. The van der Waals surface area contributed by atoms with Gasteiger partial charge in [0.2, 0.25) is 5.91 Å². The highest BCUT2D eigenvalue weighted by Crippen LogP contribution is 2.29. The van der Waals surface area contributed by atoms with E-state index < -0.39 is 0 Å². The van der Waals surface area contributed by atoms with Crippen LogP contribution in [0.4, 0.5) is 0 Å². The lowest BCUT2D eigenvalue weighted by Crippen LogP contribution is -2.45. The molecule has 1 saturated carbocycles. The van der Waals surface area contributed by atoms with Crippen molar-refractivity contribution in [1.29, 1.82) is 0 Å². The Morgan fingerprint density at radius 2 is 1.93 bits per heavy atom.